The molecule has 0 radical (unpaired) electrons. The van der Waals surface area contributed by atoms with Crippen LogP contribution in [0.4, 0.5) is 0 Å². The summed E-state index contributed by atoms with van der Waals surface area (Å²) < 4.78 is 2.18. The first-order valence-electron chi connectivity index (χ1n) is 9.66. The molecule has 0 bridgehead atoms. The molecule has 0 saturated carbocycles. The largest absolute Gasteiger partial charge is 0.342 e. The van der Waals surface area contributed by atoms with E-state index in [0.717, 1.165) is 23.0 Å². The number of carbonyl (C=O) groups is 2. The molecule has 1 aromatic heterocycles. The summed E-state index contributed by atoms with van der Waals surface area (Å²) in [5, 5.41) is 1.03. The van der Waals surface area contributed by atoms with E-state index in [9.17, 15) is 9.59 Å². The van der Waals surface area contributed by atoms with Crippen LogP contribution in [0.3, 0.4) is 0 Å². The molecule has 1 heterocycles. The van der Waals surface area contributed by atoms with Crippen molar-refractivity contribution in [3.8, 4) is 0 Å². The Bertz CT molecular complexity index is 1290. The van der Waals surface area contributed by atoms with Gasteiger partial charge in [0.2, 0.25) is 0 Å². The highest BCUT2D eigenvalue weighted by atomic mass is 16.2. The van der Waals surface area contributed by atoms with Gasteiger partial charge >= 0.3 is 0 Å². The monoisotopic (exact) mass is 377 g/mol. The molecule has 3 aromatic carbocycles. The lowest BCUT2D eigenvalue weighted by Crippen LogP contribution is -2.00. The number of nitrogens with zero attached hydrogens (tertiary/aromatic N) is 1. The summed E-state index contributed by atoms with van der Waals surface area (Å²) >= 11 is 0. The number of aromatic nitrogens is 1. The van der Waals surface area contributed by atoms with Gasteiger partial charge in [-0.05, 0) is 30.2 Å². The zero-order chi connectivity index (χ0) is 20.0. The standard InChI is InChI=1S/C26H19NO2/c1-17-8-2-3-9-18(17)15-27-16-19(20-10-6-7-13-24(20)27)14-23-25(28)21-11-4-5-12-22(21)26(23)29/h2-14,16H,15H2,1H3. The van der Waals surface area contributed by atoms with E-state index in [1.807, 2.05) is 36.5 Å². The highest BCUT2D eigenvalue weighted by Gasteiger charge is 2.32. The van der Waals surface area contributed by atoms with Gasteiger partial charge in [0, 0.05) is 40.3 Å². The van der Waals surface area contributed by atoms with Gasteiger partial charge in [-0.1, -0.05) is 66.7 Å². The number of Topliss-reactive ketones (excluding diaryl/α,β-unsaturated/α-hetero) is 2. The van der Waals surface area contributed by atoms with Gasteiger partial charge in [-0.3, -0.25) is 9.59 Å². The number of allylic oxidation sites excluding steroid dienone is 1. The second-order valence-electron chi connectivity index (χ2n) is 7.42. The van der Waals surface area contributed by atoms with Gasteiger partial charge < -0.3 is 4.57 Å². The Morgan fingerprint density at radius 1 is 0.793 bits per heavy atom. The van der Waals surface area contributed by atoms with Crippen LogP contribution in [0.2, 0.25) is 0 Å². The van der Waals surface area contributed by atoms with E-state index in [0.29, 0.717) is 11.1 Å². The van der Waals surface area contributed by atoms with E-state index in [1.54, 1.807) is 30.3 Å². The summed E-state index contributed by atoms with van der Waals surface area (Å²) in [5.41, 5.74) is 5.68. The Hall–Kier alpha value is -3.72. The summed E-state index contributed by atoms with van der Waals surface area (Å²) in [6.45, 7) is 2.84. The number of para-hydroxylation sites is 1. The maximum atomic E-state index is 12.8. The fraction of sp³-hybridized carbons (Fsp3) is 0.0769. The molecule has 0 amide bonds. The maximum Gasteiger partial charge on any atom is 0.197 e. The molecular weight excluding hydrogens is 358 g/mol. The average molecular weight is 377 g/mol. The van der Waals surface area contributed by atoms with Gasteiger partial charge in [-0.2, -0.15) is 0 Å². The molecule has 0 unspecified atom stereocenters. The van der Waals surface area contributed by atoms with Crippen molar-refractivity contribution in [2.24, 2.45) is 0 Å². The molecule has 1 aliphatic rings. The number of benzene rings is 3. The summed E-state index contributed by atoms with van der Waals surface area (Å²) in [7, 11) is 0. The molecule has 0 spiro atoms. The Morgan fingerprint density at radius 3 is 2.14 bits per heavy atom. The Balaban J connectivity index is 1.62. The predicted molar refractivity (Wildman–Crippen MR) is 115 cm³/mol. The summed E-state index contributed by atoms with van der Waals surface area (Å²) in [5.74, 6) is -0.386. The van der Waals surface area contributed by atoms with Gasteiger partial charge in [-0.15, -0.1) is 0 Å². The van der Waals surface area contributed by atoms with Crippen molar-refractivity contribution in [3.05, 3.63) is 112 Å². The second kappa shape index (κ2) is 6.71. The SMILES string of the molecule is Cc1ccccc1Cn1cc(C=C2C(=O)c3ccccc3C2=O)c2ccccc21. The minimum atomic E-state index is -0.193. The zero-order valence-electron chi connectivity index (χ0n) is 16.1. The predicted octanol–water partition coefficient (Wildman–Crippen LogP) is 5.46. The number of rotatable bonds is 3. The van der Waals surface area contributed by atoms with Crippen LogP contribution in [0.15, 0.2) is 84.6 Å². The van der Waals surface area contributed by atoms with Gasteiger partial charge in [0.15, 0.2) is 11.6 Å². The van der Waals surface area contributed by atoms with Gasteiger partial charge in [0.1, 0.15) is 0 Å². The van der Waals surface area contributed by atoms with E-state index in [4.69, 9.17) is 0 Å². The second-order valence-corrected chi connectivity index (χ2v) is 7.42. The normalized spacial score (nSPS) is 13.2. The highest BCUT2D eigenvalue weighted by Crippen LogP contribution is 2.30. The molecular formula is C26H19NO2. The molecule has 140 valence electrons. The number of fused-ring (bicyclic) bond motifs is 2. The lowest BCUT2D eigenvalue weighted by molar-refractivity contribution is 0.0990. The Morgan fingerprint density at radius 2 is 1.41 bits per heavy atom. The zero-order valence-corrected chi connectivity index (χ0v) is 16.1. The molecule has 0 fully saturated rings. The average Bonchev–Trinajstić information content (AvgIpc) is 3.21. The number of ketones is 2. The van der Waals surface area contributed by atoms with Crippen molar-refractivity contribution < 1.29 is 9.59 Å². The number of carbonyl (C=O) groups excluding carboxylic acids is 2. The molecule has 0 saturated heterocycles. The number of hydrogen-bond donors (Lipinski definition) is 0. The van der Waals surface area contributed by atoms with E-state index in [2.05, 4.69) is 29.7 Å². The van der Waals surface area contributed by atoms with E-state index in [-0.39, 0.29) is 17.1 Å². The van der Waals surface area contributed by atoms with Gasteiger partial charge in [0.05, 0.1) is 5.57 Å². The topological polar surface area (TPSA) is 39.1 Å². The van der Waals surface area contributed by atoms with Crippen LogP contribution in [0.25, 0.3) is 17.0 Å². The van der Waals surface area contributed by atoms with Crippen molar-refractivity contribution >= 4 is 28.5 Å². The first kappa shape index (κ1) is 17.4. The van der Waals surface area contributed by atoms with E-state index in [1.165, 1.54) is 11.1 Å². The molecule has 4 aromatic rings. The summed E-state index contributed by atoms with van der Waals surface area (Å²) in [4.78, 5) is 25.6. The Kier molecular flexibility index (Phi) is 4.02. The van der Waals surface area contributed by atoms with Crippen molar-refractivity contribution in [1.82, 2.24) is 4.57 Å². The van der Waals surface area contributed by atoms with E-state index >= 15 is 0 Å². The van der Waals surface area contributed by atoms with E-state index < -0.39 is 0 Å². The lowest BCUT2D eigenvalue weighted by Gasteiger charge is -2.08. The molecule has 1 aliphatic carbocycles. The third-order valence-electron chi connectivity index (χ3n) is 5.63. The van der Waals surface area contributed by atoms with Crippen molar-refractivity contribution in [3.63, 3.8) is 0 Å². The molecule has 3 nitrogen and oxygen atoms in total. The summed E-state index contributed by atoms with van der Waals surface area (Å²) in [6.07, 6.45) is 3.79. The van der Waals surface area contributed by atoms with Crippen LogP contribution >= 0.6 is 0 Å². The number of aryl methyl sites for hydroxylation is 1. The minimum Gasteiger partial charge on any atom is -0.342 e. The third kappa shape index (κ3) is 2.83. The molecule has 3 heteroatoms. The van der Waals surface area contributed by atoms with Crippen molar-refractivity contribution in [1.29, 1.82) is 0 Å². The highest BCUT2D eigenvalue weighted by molar-refractivity contribution is 6.41. The van der Waals surface area contributed by atoms with Crippen molar-refractivity contribution in [2.45, 2.75) is 13.5 Å². The lowest BCUT2D eigenvalue weighted by atomic mass is 10.1. The summed E-state index contributed by atoms with van der Waals surface area (Å²) in [6, 6.07) is 23.4. The molecule has 0 atom stereocenters. The molecule has 0 aliphatic heterocycles. The first-order valence-corrected chi connectivity index (χ1v) is 9.66. The Labute approximate surface area is 168 Å². The first-order chi connectivity index (χ1) is 14.1. The van der Waals surface area contributed by atoms with Crippen LogP contribution < -0.4 is 0 Å². The molecule has 0 N–H and O–H groups in total. The smallest absolute Gasteiger partial charge is 0.197 e. The molecule has 29 heavy (non-hydrogen) atoms. The van der Waals surface area contributed by atoms with Crippen LogP contribution in [-0.4, -0.2) is 16.1 Å². The van der Waals surface area contributed by atoms with Crippen molar-refractivity contribution in [2.75, 3.05) is 0 Å². The minimum absolute atomic E-state index is 0.193. The third-order valence-corrected chi connectivity index (χ3v) is 5.63. The van der Waals surface area contributed by atoms with Crippen LogP contribution in [0.1, 0.15) is 37.4 Å². The van der Waals surface area contributed by atoms with Crippen LogP contribution in [0.5, 0.6) is 0 Å². The fourth-order valence-electron chi connectivity index (χ4n) is 4.05. The molecule has 5 rings (SSSR count). The van der Waals surface area contributed by atoms with Crippen LogP contribution in [0, 0.1) is 6.92 Å². The van der Waals surface area contributed by atoms with Crippen LogP contribution in [-0.2, 0) is 6.54 Å². The maximum absolute atomic E-state index is 12.8. The quantitative estimate of drug-likeness (QED) is 0.351. The number of hydrogen-bond acceptors (Lipinski definition) is 2. The van der Waals surface area contributed by atoms with Gasteiger partial charge in [0.25, 0.3) is 0 Å². The van der Waals surface area contributed by atoms with Gasteiger partial charge in [-0.25, -0.2) is 0 Å². The fourth-order valence-corrected chi connectivity index (χ4v) is 4.05.